The van der Waals surface area contributed by atoms with Gasteiger partial charge in [-0.25, -0.2) is 4.79 Å². The molecule has 6 nitrogen and oxygen atoms in total. The van der Waals surface area contributed by atoms with Gasteiger partial charge in [-0.1, -0.05) is 0 Å². The summed E-state index contributed by atoms with van der Waals surface area (Å²) in [4.78, 5) is 24.7. The molecule has 0 aromatic heterocycles. The summed E-state index contributed by atoms with van der Waals surface area (Å²) in [6, 6.07) is 1.97. The third kappa shape index (κ3) is 4.72. The van der Waals surface area contributed by atoms with Gasteiger partial charge in [0.25, 0.3) is 0 Å². The van der Waals surface area contributed by atoms with Crippen molar-refractivity contribution >= 4 is 12.0 Å². The Kier molecular flexibility index (Phi) is 6.29. The van der Waals surface area contributed by atoms with E-state index in [2.05, 4.69) is 5.32 Å². The largest absolute Gasteiger partial charge is 0.481 e. The lowest BCUT2D eigenvalue weighted by Crippen LogP contribution is -2.49. The predicted molar refractivity (Wildman–Crippen MR) is 74.0 cm³/mol. The average Bonchev–Trinajstić information content (AvgIpc) is 2.39. The predicted octanol–water partition coefficient (Wildman–Crippen LogP) is 1.96. The van der Waals surface area contributed by atoms with Crippen molar-refractivity contribution in [3.05, 3.63) is 0 Å². The first-order valence-corrected chi connectivity index (χ1v) is 7.12. The van der Waals surface area contributed by atoms with Crippen LogP contribution in [0.3, 0.4) is 0 Å². The molecule has 1 aliphatic carbocycles. The van der Waals surface area contributed by atoms with E-state index in [0.29, 0.717) is 38.6 Å². The van der Waals surface area contributed by atoms with Gasteiger partial charge in [-0.3, -0.25) is 4.79 Å². The van der Waals surface area contributed by atoms with Crippen molar-refractivity contribution in [3.63, 3.8) is 0 Å². The lowest BCUT2D eigenvalue weighted by Gasteiger charge is -2.31. The fourth-order valence-corrected chi connectivity index (χ4v) is 2.51. The number of carbonyl (C=O) groups excluding carboxylic acids is 1. The molecule has 0 saturated heterocycles. The first-order chi connectivity index (χ1) is 9.45. The number of carboxylic acid groups (broad SMARTS) is 1. The van der Waals surface area contributed by atoms with Crippen LogP contribution < -0.4 is 5.32 Å². The fourth-order valence-electron chi connectivity index (χ4n) is 2.51. The van der Waals surface area contributed by atoms with Crippen LogP contribution in [0.15, 0.2) is 0 Å². The topological polar surface area (TPSA) is 93.4 Å². The van der Waals surface area contributed by atoms with Gasteiger partial charge in [-0.2, -0.15) is 5.26 Å². The third-order valence-electron chi connectivity index (χ3n) is 3.75. The summed E-state index contributed by atoms with van der Waals surface area (Å²) in [6.07, 6.45) is 2.94. The molecule has 0 aromatic carbocycles. The molecule has 0 spiro atoms. The molecule has 0 radical (unpaired) electrons. The highest BCUT2D eigenvalue weighted by Gasteiger charge is 2.28. The first kappa shape index (κ1) is 16.3. The van der Waals surface area contributed by atoms with Gasteiger partial charge >= 0.3 is 12.0 Å². The van der Waals surface area contributed by atoms with Crippen molar-refractivity contribution in [2.24, 2.45) is 5.92 Å². The molecular weight excluding hydrogens is 258 g/mol. The lowest BCUT2D eigenvalue weighted by atomic mass is 9.86. The molecule has 0 heterocycles. The summed E-state index contributed by atoms with van der Waals surface area (Å²) in [6.45, 7) is 4.25. The highest BCUT2D eigenvalue weighted by Crippen LogP contribution is 2.24. The van der Waals surface area contributed by atoms with E-state index in [0.717, 1.165) is 0 Å². The molecule has 1 rings (SSSR count). The van der Waals surface area contributed by atoms with Crippen molar-refractivity contribution in [3.8, 4) is 6.07 Å². The van der Waals surface area contributed by atoms with Crippen LogP contribution in [0.5, 0.6) is 0 Å². The van der Waals surface area contributed by atoms with Crippen LogP contribution in [0.4, 0.5) is 4.79 Å². The molecule has 1 saturated carbocycles. The Bertz CT molecular complexity index is 382. The highest BCUT2D eigenvalue weighted by atomic mass is 16.4. The SMILES string of the molecule is CC(C)N(CCC#N)C(=O)NC1CCC(C(=O)O)CC1. The van der Waals surface area contributed by atoms with Crippen LogP contribution in [-0.2, 0) is 4.79 Å². The average molecular weight is 281 g/mol. The van der Waals surface area contributed by atoms with E-state index in [1.807, 2.05) is 19.9 Å². The van der Waals surface area contributed by atoms with Gasteiger partial charge < -0.3 is 15.3 Å². The molecule has 6 heteroatoms. The number of hydrogen-bond donors (Lipinski definition) is 2. The Hall–Kier alpha value is -1.77. The van der Waals surface area contributed by atoms with E-state index in [1.54, 1.807) is 4.90 Å². The number of amides is 2. The number of nitrogens with one attached hydrogen (secondary N) is 1. The van der Waals surface area contributed by atoms with Crippen molar-refractivity contribution in [2.45, 2.75) is 58.0 Å². The zero-order chi connectivity index (χ0) is 15.1. The molecule has 2 amide bonds. The Morgan fingerprint density at radius 2 is 1.95 bits per heavy atom. The molecule has 1 aliphatic rings. The minimum absolute atomic E-state index is 0.0405. The van der Waals surface area contributed by atoms with Gasteiger partial charge in [-0.05, 0) is 39.5 Å². The maximum absolute atomic E-state index is 12.2. The Morgan fingerprint density at radius 1 is 1.35 bits per heavy atom. The number of nitriles is 1. The van der Waals surface area contributed by atoms with Crippen LogP contribution in [0.2, 0.25) is 0 Å². The molecular formula is C14H23N3O3. The third-order valence-corrected chi connectivity index (χ3v) is 3.75. The number of urea groups is 1. The maximum atomic E-state index is 12.2. The second kappa shape index (κ2) is 7.73. The summed E-state index contributed by atoms with van der Waals surface area (Å²) in [5.74, 6) is -1.02. The summed E-state index contributed by atoms with van der Waals surface area (Å²) in [5.41, 5.74) is 0. The van der Waals surface area contributed by atoms with Gasteiger partial charge in [0.15, 0.2) is 0 Å². The van der Waals surface area contributed by atoms with E-state index in [-0.39, 0.29) is 24.0 Å². The minimum Gasteiger partial charge on any atom is -0.481 e. The number of nitrogens with zero attached hydrogens (tertiary/aromatic N) is 2. The van der Waals surface area contributed by atoms with Crippen LogP contribution in [-0.4, -0.2) is 40.6 Å². The molecule has 0 aromatic rings. The summed E-state index contributed by atoms with van der Waals surface area (Å²) < 4.78 is 0. The monoisotopic (exact) mass is 281 g/mol. The molecule has 0 atom stereocenters. The van der Waals surface area contributed by atoms with Gasteiger partial charge in [0.05, 0.1) is 18.4 Å². The number of hydrogen-bond acceptors (Lipinski definition) is 3. The number of carboxylic acids is 1. The molecule has 0 bridgehead atoms. The Balaban J connectivity index is 2.45. The molecule has 1 fully saturated rings. The molecule has 0 aliphatic heterocycles. The van der Waals surface area contributed by atoms with Gasteiger partial charge in [0, 0.05) is 18.6 Å². The number of rotatable bonds is 5. The lowest BCUT2D eigenvalue weighted by molar-refractivity contribution is -0.142. The molecule has 0 unspecified atom stereocenters. The van der Waals surface area contributed by atoms with Crippen molar-refractivity contribution in [2.75, 3.05) is 6.54 Å². The van der Waals surface area contributed by atoms with Gasteiger partial charge in [0.1, 0.15) is 0 Å². The van der Waals surface area contributed by atoms with Crippen molar-refractivity contribution < 1.29 is 14.7 Å². The number of aliphatic carboxylic acids is 1. The summed E-state index contributed by atoms with van der Waals surface area (Å²) >= 11 is 0. The van der Waals surface area contributed by atoms with Crippen LogP contribution >= 0.6 is 0 Å². The van der Waals surface area contributed by atoms with Gasteiger partial charge in [0.2, 0.25) is 0 Å². The highest BCUT2D eigenvalue weighted by molar-refractivity contribution is 5.75. The Labute approximate surface area is 119 Å². The van der Waals surface area contributed by atoms with E-state index in [1.165, 1.54) is 0 Å². The smallest absolute Gasteiger partial charge is 0.317 e. The summed E-state index contributed by atoms with van der Waals surface area (Å²) in [7, 11) is 0. The molecule has 20 heavy (non-hydrogen) atoms. The normalized spacial score (nSPS) is 22.1. The second-order valence-electron chi connectivity index (χ2n) is 5.53. The van der Waals surface area contributed by atoms with Crippen molar-refractivity contribution in [1.82, 2.24) is 10.2 Å². The van der Waals surface area contributed by atoms with E-state index >= 15 is 0 Å². The van der Waals surface area contributed by atoms with Gasteiger partial charge in [-0.15, -0.1) is 0 Å². The number of carbonyl (C=O) groups is 2. The van der Waals surface area contributed by atoms with Crippen LogP contribution in [0.1, 0.15) is 46.0 Å². The molecule has 112 valence electrons. The van der Waals surface area contributed by atoms with Crippen molar-refractivity contribution in [1.29, 1.82) is 5.26 Å². The standard InChI is InChI=1S/C14H23N3O3/c1-10(2)17(9-3-8-15)14(20)16-12-6-4-11(5-7-12)13(18)19/h10-12H,3-7,9H2,1-2H3,(H,16,20)(H,18,19). The maximum Gasteiger partial charge on any atom is 0.317 e. The minimum atomic E-state index is -0.743. The zero-order valence-electron chi connectivity index (χ0n) is 12.1. The second-order valence-corrected chi connectivity index (χ2v) is 5.53. The Morgan fingerprint density at radius 3 is 2.40 bits per heavy atom. The zero-order valence-corrected chi connectivity index (χ0v) is 12.1. The summed E-state index contributed by atoms with van der Waals surface area (Å²) in [5, 5.41) is 20.5. The van der Waals surface area contributed by atoms with Crippen LogP contribution in [0, 0.1) is 17.2 Å². The van der Waals surface area contributed by atoms with E-state index in [4.69, 9.17) is 10.4 Å². The first-order valence-electron chi connectivity index (χ1n) is 7.12. The quantitative estimate of drug-likeness (QED) is 0.805. The fraction of sp³-hybridized carbons (Fsp3) is 0.786. The van der Waals surface area contributed by atoms with E-state index in [9.17, 15) is 9.59 Å². The van der Waals surface area contributed by atoms with Crippen LogP contribution in [0.25, 0.3) is 0 Å². The molecule has 2 N–H and O–H groups in total. The van der Waals surface area contributed by atoms with E-state index < -0.39 is 5.97 Å².